The number of rotatable bonds is 10. The van der Waals surface area contributed by atoms with Crippen molar-refractivity contribution >= 4 is 29.6 Å². The molecule has 0 spiro atoms. The Kier molecular flexibility index (Phi) is 7.90. The van der Waals surface area contributed by atoms with Crippen LogP contribution in [0.4, 0.5) is 4.79 Å². The monoisotopic (exact) mass is 506 g/mol. The fourth-order valence-corrected chi connectivity index (χ4v) is 4.92. The highest BCUT2D eigenvalue weighted by molar-refractivity contribution is 6.30. The molecular formula is C28H27ClN2O5. The van der Waals surface area contributed by atoms with Crippen LogP contribution in [0.5, 0.6) is 0 Å². The zero-order valence-electron chi connectivity index (χ0n) is 19.6. The van der Waals surface area contributed by atoms with Gasteiger partial charge in [-0.15, -0.1) is 0 Å². The maximum absolute atomic E-state index is 13.3. The van der Waals surface area contributed by atoms with Gasteiger partial charge < -0.3 is 15.6 Å². The lowest BCUT2D eigenvalue weighted by atomic mass is 9.98. The quantitative estimate of drug-likeness (QED) is 0.408. The molecule has 0 bridgehead atoms. The second-order valence-corrected chi connectivity index (χ2v) is 9.16. The number of fused-ring (bicyclic) bond motifs is 3. The number of carboxylic acids is 1. The van der Waals surface area contributed by atoms with E-state index in [-0.39, 0.29) is 31.9 Å². The molecule has 2 amide bonds. The number of nitrogens with two attached hydrogens (primary N) is 1. The molecule has 1 aliphatic rings. The molecule has 3 aromatic carbocycles. The number of hydrogen-bond donors (Lipinski definition) is 2. The molecule has 4 rings (SSSR count). The van der Waals surface area contributed by atoms with Gasteiger partial charge in [0.25, 0.3) is 0 Å². The zero-order valence-corrected chi connectivity index (χ0v) is 20.4. The molecule has 0 aliphatic heterocycles. The van der Waals surface area contributed by atoms with Crippen molar-refractivity contribution in [2.45, 2.75) is 31.2 Å². The number of primary amides is 1. The van der Waals surface area contributed by atoms with Crippen LogP contribution in [0.15, 0.2) is 72.8 Å². The Labute approximate surface area is 214 Å². The highest BCUT2D eigenvalue weighted by atomic mass is 35.5. The molecule has 36 heavy (non-hydrogen) atoms. The first-order valence-corrected chi connectivity index (χ1v) is 12.1. The fraction of sp³-hybridized carbons (Fsp3) is 0.250. The van der Waals surface area contributed by atoms with E-state index in [9.17, 15) is 14.4 Å². The third-order valence-electron chi connectivity index (χ3n) is 6.44. The van der Waals surface area contributed by atoms with E-state index in [0.29, 0.717) is 11.4 Å². The Morgan fingerprint density at radius 3 is 2.19 bits per heavy atom. The smallest absolute Gasteiger partial charge is 0.410 e. The molecule has 7 nitrogen and oxygen atoms in total. The average Bonchev–Trinajstić information content (AvgIpc) is 3.18. The fourth-order valence-electron chi connectivity index (χ4n) is 4.71. The molecule has 3 N–H and O–H groups in total. The van der Waals surface area contributed by atoms with Crippen LogP contribution in [0.3, 0.4) is 0 Å². The Bertz CT molecular complexity index is 1230. The van der Waals surface area contributed by atoms with Gasteiger partial charge in [-0.2, -0.15) is 0 Å². The highest BCUT2D eigenvalue weighted by Crippen LogP contribution is 2.44. The largest absolute Gasteiger partial charge is 0.481 e. The summed E-state index contributed by atoms with van der Waals surface area (Å²) in [5.74, 6) is -2.01. The first-order chi connectivity index (χ1) is 17.3. The molecule has 1 aliphatic carbocycles. The van der Waals surface area contributed by atoms with Gasteiger partial charge in [0, 0.05) is 23.9 Å². The molecule has 3 aromatic rings. The van der Waals surface area contributed by atoms with E-state index >= 15 is 0 Å². The van der Waals surface area contributed by atoms with Crippen LogP contribution in [0.2, 0.25) is 5.02 Å². The van der Waals surface area contributed by atoms with Crippen LogP contribution in [0.1, 0.15) is 35.4 Å². The average molecular weight is 507 g/mol. The van der Waals surface area contributed by atoms with Crippen molar-refractivity contribution in [3.63, 3.8) is 0 Å². The number of amides is 2. The summed E-state index contributed by atoms with van der Waals surface area (Å²) in [6, 6.07) is 22.0. The molecule has 0 aromatic heterocycles. The molecule has 8 heteroatoms. The van der Waals surface area contributed by atoms with Crippen LogP contribution < -0.4 is 5.73 Å². The molecular weight excluding hydrogens is 480 g/mol. The molecule has 0 saturated carbocycles. The number of ether oxygens (including phenoxy) is 1. The van der Waals surface area contributed by atoms with Crippen molar-refractivity contribution in [2.75, 3.05) is 13.2 Å². The minimum atomic E-state index is -1.11. The molecule has 0 radical (unpaired) electrons. The first-order valence-electron chi connectivity index (χ1n) is 11.7. The second kappa shape index (κ2) is 11.3. The number of carboxylic acid groups (broad SMARTS) is 1. The molecule has 0 saturated heterocycles. The van der Waals surface area contributed by atoms with E-state index in [4.69, 9.17) is 27.2 Å². The summed E-state index contributed by atoms with van der Waals surface area (Å²) >= 11 is 6.08. The van der Waals surface area contributed by atoms with Gasteiger partial charge in [-0.25, -0.2) is 4.79 Å². The summed E-state index contributed by atoms with van der Waals surface area (Å²) in [6.07, 6.45) is -0.739. The van der Waals surface area contributed by atoms with Crippen LogP contribution in [0.25, 0.3) is 11.1 Å². The van der Waals surface area contributed by atoms with E-state index in [2.05, 4.69) is 0 Å². The minimum absolute atomic E-state index is 0.0743. The van der Waals surface area contributed by atoms with Gasteiger partial charge in [-0.3, -0.25) is 14.5 Å². The summed E-state index contributed by atoms with van der Waals surface area (Å²) in [5, 5.41) is 9.69. The van der Waals surface area contributed by atoms with Gasteiger partial charge in [0.1, 0.15) is 12.6 Å². The zero-order chi connectivity index (χ0) is 25.7. The number of nitrogens with zero attached hydrogens (tertiary/aromatic N) is 1. The van der Waals surface area contributed by atoms with E-state index in [1.165, 1.54) is 4.90 Å². The van der Waals surface area contributed by atoms with Crippen molar-refractivity contribution < 1.29 is 24.2 Å². The minimum Gasteiger partial charge on any atom is -0.481 e. The Hall–Kier alpha value is -3.84. The van der Waals surface area contributed by atoms with E-state index in [0.717, 1.165) is 27.8 Å². The van der Waals surface area contributed by atoms with Crippen molar-refractivity contribution in [1.82, 2.24) is 4.90 Å². The van der Waals surface area contributed by atoms with Gasteiger partial charge in [0.2, 0.25) is 5.91 Å². The third-order valence-corrected chi connectivity index (χ3v) is 6.67. The molecule has 186 valence electrons. The summed E-state index contributed by atoms with van der Waals surface area (Å²) in [6.45, 7) is 0.190. The van der Waals surface area contributed by atoms with E-state index < -0.39 is 24.0 Å². The van der Waals surface area contributed by atoms with Gasteiger partial charge in [-0.1, -0.05) is 72.3 Å². The predicted molar refractivity (Wildman–Crippen MR) is 137 cm³/mol. The first kappa shape index (κ1) is 25.3. The lowest BCUT2D eigenvalue weighted by Crippen LogP contribution is -2.49. The number of hydrogen-bond acceptors (Lipinski definition) is 4. The van der Waals surface area contributed by atoms with Gasteiger partial charge in [0.05, 0.1) is 0 Å². The van der Waals surface area contributed by atoms with Gasteiger partial charge in [-0.05, 0) is 52.8 Å². The van der Waals surface area contributed by atoms with E-state index in [1.54, 1.807) is 18.2 Å². The van der Waals surface area contributed by atoms with E-state index in [1.807, 2.05) is 54.6 Å². The summed E-state index contributed by atoms with van der Waals surface area (Å²) in [5.41, 5.74) is 10.8. The Balaban J connectivity index is 1.54. The number of carbonyl (C=O) groups is 3. The molecule has 0 unspecified atom stereocenters. The highest BCUT2D eigenvalue weighted by Gasteiger charge is 2.33. The lowest BCUT2D eigenvalue weighted by molar-refractivity contribution is -0.137. The maximum atomic E-state index is 13.3. The topological polar surface area (TPSA) is 110 Å². The normalized spacial score (nSPS) is 12.9. The number of halogens is 1. The molecule has 0 heterocycles. The van der Waals surface area contributed by atoms with Crippen molar-refractivity contribution in [2.24, 2.45) is 5.73 Å². The van der Waals surface area contributed by atoms with Crippen LogP contribution in [-0.2, 0) is 20.7 Å². The maximum Gasteiger partial charge on any atom is 0.410 e. The van der Waals surface area contributed by atoms with Crippen molar-refractivity contribution in [1.29, 1.82) is 0 Å². The van der Waals surface area contributed by atoms with Crippen LogP contribution in [0, 0.1) is 0 Å². The second-order valence-electron chi connectivity index (χ2n) is 8.73. The SMILES string of the molecule is NC(=O)[C@H](CCC(=O)O)N(CCc1cccc(Cl)c1)C(=O)OCC1c2ccccc2-c2ccccc21. The summed E-state index contributed by atoms with van der Waals surface area (Å²) in [4.78, 5) is 38.0. The van der Waals surface area contributed by atoms with Crippen LogP contribution in [-0.4, -0.2) is 47.2 Å². The number of benzene rings is 3. The Morgan fingerprint density at radius 2 is 1.61 bits per heavy atom. The number of aliphatic carboxylic acids is 1. The van der Waals surface area contributed by atoms with Crippen molar-refractivity contribution in [3.05, 3.63) is 94.5 Å². The molecule has 1 atom stereocenters. The standard InChI is InChI=1S/C28H27ClN2O5/c29-19-7-5-6-18(16-19)14-15-31(25(27(30)34)12-13-26(32)33)28(35)36-17-24-22-10-3-1-8-20(22)21-9-2-4-11-23(21)24/h1-11,16,24-25H,12-15,17H2,(H2,30,34)(H,32,33)/t25-/m0/s1. The predicted octanol–water partition coefficient (Wildman–Crippen LogP) is 4.85. The summed E-state index contributed by atoms with van der Waals surface area (Å²) in [7, 11) is 0. The van der Waals surface area contributed by atoms with Gasteiger partial charge >= 0.3 is 12.1 Å². The van der Waals surface area contributed by atoms with Gasteiger partial charge in [0.15, 0.2) is 0 Å². The lowest BCUT2D eigenvalue weighted by Gasteiger charge is -2.29. The Morgan fingerprint density at radius 1 is 0.972 bits per heavy atom. The third kappa shape index (κ3) is 5.69. The van der Waals surface area contributed by atoms with Crippen molar-refractivity contribution in [3.8, 4) is 11.1 Å². The number of carbonyl (C=O) groups excluding carboxylic acids is 2. The molecule has 0 fully saturated rings. The van der Waals surface area contributed by atoms with Crippen LogP contribution >= 0.6 is 11.6 Å². The summed E-state index contributed by atoms with van der Waals surface area (Å²) < 4.78 is 5.76.